The standard InChI is InChI=1S/C7H14N2O3.ClH/c1-4(8)6(10)9-5(2)7(11)12-3;/h4-5H,8H2,1-3H3,(H,9,10);1H/t4-,5+;/m1./s1/i/hD. The zero-order chi connectivity index (χ0) is 10.4. The normalized spacial score (nSPS) is 14.5. The fourth-order valence-electron chi connectivity index (χ4n) is 0.574. The number of carbonyl (C=O) groups is 2. The quantitative estimate of drug-likeness (QED) is 0.611. The highest BCUT2D eigenvalue weighted by molar-refractivity contribution is 5.86. The average molecular weight is 212 g/mol. The van der Waals surface area contributed by atoms with Gasteiger partial charge >= 0.3 is 5.97 Å². The number of methoxy groups -OCH3 is 1. The van der Waals surface area contributed by atoms with Gasteiger partial charge in [-0.25, -0.2) is 4.79 Å². The summed E-state index contributed by atoms with van der Waals surface area (Å²) in [6, 6.07) is -1.33. The molecule has 0 saturated carbocycles. The van der Waals surface area contributed by atoms with Crippen LogP contribution in [-0.4, -0.2) is 31.1 Å². The Balaban J connectivity index is 0. The van der Waals surface area contributed by atoms with Gasteiger partial charge in [0.15, 0.2) is 0 Å². The molecule has 0 aliphatic carbocycles. The van der Waals surface area contributed by atoms with Gasteiger partial charge in [-0.05, 0) is 13.8 Å². The summed E-state index contributed by atoms with van der Waals surface area (Å²) < 4.78 is 11.1. The van der Waals surface area contributed by atoms with E-state index in [0.717, 1.165) is 0 Å². The van der Waals surface area contributed by atoms with Gasteiger partial charge < -0.3 is 15.8 Å². The number of esters is 1. The molecule has 0 radical (unpaired) electrons. The number of carbonyl (C=O) groups excluding carboxylic acids is 2. The number of rotatable bonds is 4. The first-order valence-corrected chi connectivity index (χ1v) is 3.58. The third kappa shape index (κ3) is 5.43. The highest BCUT2D eigenvalue weighted by Gasteiger charge is 2.17. The molecule has 0 aromatic heterocycles. The molecule has 13 heavy (non-hydrogen) atoms. The third-order valence-electron chi connectivity index (χ3n) is 1.31. The van der Waals surface area contributed by atoms with Gasteiger partial charge in [-0.1, -0.05) is 0 Å². The van der Waals surface area contributed by atoms with E-state index in [9.17, 15) is 9.59 Å². The molecule has 1 amide bonds. The van der Waals surface area contributed by atoms with Crippen molar-refractivity contribution in [3.63, 3.8) is 0 Å². The fraction of sp³-hybridized carbons (Fsp3) is 0.714. The minimum absolute atomic E-state index is 0. The Bertz CT molecular complexity index is 203. The largest absolute Gasteiger partial charge is 0.467 e. The van der Waals surface area contributed by atoms with E-state index in [0.29, 0.717) is 0 Å². The number of nitrogens with two attached hydrogens (primary N) is 1. The molecule has 0 unspecified atom stereocenters. The first kappa shape index (κ1) is 12.2. The van der Waals surface area contributed by atoms with Crippen LogP contribution in [0.15, 0.2) is 0 Å². The van der Waals surface area contributed by atoms with Crippen molar-refractivity contribution in [1.29, 1.82) is 0 Å². The van der Waals surface area contributed by atoms with Crippen molar-refractivity contribution < 1.29 is 15.7 Å². The molecule has 6 heteroatoms. The van der Waals surface area contributed by atoms with Gasteiger partial charge in [0.2, 0.25) is 5.91 Å². The van der Waals surface area contributed by atoms with Gasteiger partial charge in [0, 0.05) is 0 Å². The second-order valence-corrected chi connectivity index (χ2v) is 2.48. The zero-order valence-corrected chi connectivity index (χ0v) is 8.60. The van der Waals surface area contributed by atoms with E-state index in [2.05, 4.69) is 10.1 Å². The molecule has 0 aliphatic heterocycles. The molecule has 0 aromatic rings. The van der Waals surface area contributed by atoms with E-state index in [4.69, 9.17) is 1.41 Å². The van der Waals surface area contributed by atoms with Crippen molar-refractivity contribution in [3.8, 4) is 0 Å². The van der Waals surface area contributed by atoms with Gasteiger partial charge in [0.1, 0.15) is 7.45 Å². The minimum Gasteiger partial charge on any atom is -0.467 e. The lowest BCUT2D eigenvalue weighted by Crippen LogP contribution is -2.46. The van der Waals surface area contributed by atoms with Gasteiger partial charge in [0.25, 0.3) is 0 Å². The maximum absolute atomic E-state index is 11.1. The van der Waals surface area contributed by atoms with Crippen molar-refractivity contribution >= 4 is 24.3 Å². The number of amides is 1. The smallest absolute Gasteiger partial charge is 0.328 e. The van der Waals surface area contributed by atoms with E-state index in [-0.39, 0.29) is 12.4 Å². The highest BCUT2D eigenvalue weighted by Crippen LogP contribution is 1.86. The number of nitrogens with one attached hydrogen (secondary N) is 1. The van der Waals surface area contributed by atoms with Gasteiger partial charge in [-0.15, -0.1) is 12.4 Å². The van der Waals surface area contributed by atoms with Crippen molar-refractivity contribution in [2.24, 2.45) is 5.73 Å². The van der Waals surface area contributed by atoms with Crippen molar-refractivity contribution in [2.75, 3.05) is 7.11 Å². The molecule has 0 spiro atoms. The maximum Gasteiger partial charge on any atom is 0.328 e. The van der Waals surface area contributed by atoms with E-state index < -0.39 is 24.0 Å². The molecule has 78 valence electrons. The van der Waals surface area contributed by atoms with Crippen LogP contribution in [0.2, 0.25) is 1.41 Å². The molecule has 0 heterocycles. The number of hydrogen-bond acceptors (Lipinski definition) is 4. The molecule has 0 aliphatic rings. The zero-order valence-electron chi connectivity index (χ0n) is 8.79. The van der Waals surface area contributed by atoms with Crippen LogP contribution in [0.4, 0.5) is 0 Å². The molecular weight excluding hydrogens is 196 g/mol. The summed E-state index contributed by atoms with van der Waals surface area (Å²) in [5, 5.41) is 2.39. The summed E-state index contributed by atoms with van der Waals surface area (Å²) >= 11 is 0. The number of halogens is 1. The molecule has 0 fully saturated rings. The molecule has 2 atom stereocenters. The molecule has 0 saturated heterocycles. The molecule has 0 aromatic carbocycles. The number of hydrogen-bond donors (Lipinski definition) is 2. The molecule has 0 rings (SSSR count). The first-order chi connectivity index (χ1) is 6.02. The van der Waals surface area contributed by atoms with Gasteiger partial charge in [0.05, 0.1) is 13.2 Å². The number of ether oxygens (including phenoxy) is 1. The van der Waals surface area contributed by atoms with Crippen LogP contribution in [0.3, 0.4) is 0 Å². The van der Waals surface area contributed by atoms with Gasteiger partial charge in [-0.3, -0.25) is 4.79 Å². The molecule has 0 bridgehead atoms. The summed E-state index contributed by atoms with van der Waals surface area (Å²) in [7, 11) is 1.25. The Morgan fingerprint density at radius 2 is 2.08 bits per heavy atom. The predicted molar refractivity (Wildman–Crippen MR) is 50.5 cm³/mol. The molecule has 5 nitrogen and oxygen atoms in total. The molecule has 3 N–H and O–H groups in total. The van der Waals surface area contributed by atoms with E-state index in [1.54, 1.807) is 0 Å². The second-order valence-electron chi connectivity index (χ2n) is 2.48. The third-order valence-corrected chi connectivity index (χ3v) is 1.31. The van der Waals surface area contributed by atoms with Crippen molar-refractivity contribution in [1.82, 2.24) is 5.32 Å². The van der Waals surface area contributed by atoms with E-state index in [1.807, 2.05) is 5.73 Å². The first-order valence-electron chi connectivity index (χ1n) is 4.08. The van der Waals surface area contributed by atoms with Crippen LogP contribution in [0.1, 0.15) is 13.8 Å². The van der Waals surface area contributed by atoms with Crippen LogP contribution < -0.4 is 11.0 Å². The van der Waals surface area contributed by atoms with Crippen molar-refractivity contribution in [3.05, 3.63) is 0 Å². The Morgan fingerprint density at radius 1 is 1.54 bits per heavy atom. The van der Waals surface area contributed by atoms with Crippen LogP contribution >= 0.6 is 12.4 Å². The lowest BCUT2D eigenvalue weighted by molar-refractivity contribution is -0.144. The Morgan fingerprint density at radius 3 is 2.46 bits per heavy atom. The SMILES string of the molecule is Cl.[2H]N[C@H](C)C(=O)N[C@@H](C)C(=O)OC. The van der Waals surface area contributed by atoms with Crippen LogP contribution in [0.25, 0.3) is 0 Å². The van der Waals surface area contributed by atoms with Crippen molar-refractivity contribution in [2.45, 2.75) is 25.9 Å². The Labute approximate surface area is 84.9 Å². The monoisotopic (exact) mass is 211 g/mol. The predicted octanol–water partition coefficient (Wildman–Crippen LogP) is -0.567. The maximum atomic E-state index is 11.1. The summed E-state index contributed by atoms with van der Waals surface area (Å²) in [6.07, 6.45) is 0. The lowest BCUT2D eigenvalue weighted by Gasteiger charge is -2.12. The highest BCUT2D eigenvalue weighted by atomic mass is 35.5. The van der Waals surface area contributed by atoms with Crippen LogP contribution in [0, 0.1) is 0 Å². The summed E-state index contributed by atoms with van der Waals surface area (Å²) in [6.45, 7) is 3.03. The van der Waals surface area contributed by atoms with Crippen LogP contribution in [-0.2, 0) is 14.3 Å². The topological polar surface area (TPSA) is 81.4 Å². The molecular formula is C7H15ClN2O3. The summed E-state index contributed by atoms with van der Waals surface area (Å²) in [5.74, 6) is -0.918. The fourth-order valence-corrected chi connectivity index (χ4v) is 0.574. The lowest BCUT2D eigenvalue weighted by atomic mass is 10.3. The minimum atomic E-state index is -0.687. The second kappa shape index (κ2) is 6.68. The van der Waals surface area contributed by atoms with Gasteiger partial charge in [-0.2, -0.15) is 0 Å². The Hall–Kier alpha value is -0.810. The van der Waals surface area contributed by atoms with E-state index in [1.165, 1.54) is 21.0 Å². The average Bonchev–Trinajstić information content (AvgIpc) is 2.14. The Kier molecular flexibility index (Phi) is 6.26. The summed E-state index contributed by atoms with van der Waals surface area (Å²) in [4.78, 5) is 22.0. The van der Waals surface area contributed by atoms with E-state index >= 15 is 0 Å². The summed E-state index contributed by atoms with van der Waals surface area (Å²) in [5.41, 5.74) is 2.01. The van der Waals surface area contributed by atoms with Crippen LogP contribution in [0.5, 0.6) is 0 Å².